The van der Waals surface area contributed by atoms with Crippen LogP contribution in [0.1, 0.15) is 20.3 Å². The van der Waals surface area contributed by atoms with Crippen LogP contribution in [0.3, 0.4) is 0 Å². The summed E-state index contributed by atoms with van der Waals surface area (Å²) in [5, 5.41) is 2.55. The summed E-state index contributed by atoms with van der Waals surface area (Å²) in [6.07, 6.45) is 1.16. The Hall–Kier alpha value is -1.39. The molecule has 1 N–H and O–H groups in total. The highest BCUT2D eigenvalue weighted by Gasteiger charge is 2.37. The van der Waals surface area contributed by atoms with Crippen molar-refractivity contribution in [1.29, 1.82) is 0 Å². The second-order valence-electron chi connectivity index (χ2n) is 3.75. The first kappa shape index (κ1) is 10.7. The molecule has 1 heterocycles. The third-order valence-electron chi connectivity index (χ3n) is 2.07. The van der Waals surface area contributed by atoms with Crippen LogP contribution in [-0.4, -0.2) is 35.7 Å². The van der Waals surface area contributed by atoms with Crippen LogP contribution in [0.25, 0.3) is 0 Å². The Kier molecular flexibility index (Phi) is 3.22. The van der Waals surface area contributed by atoms with E-state index in [1.807, 2.05) is 13.8 Å². The van der Waals surface area contributed by atoms with Gasteiger partial charge in [-0.25, -0.2) is 4.79 Å². The molecular weight excluding hydrogens is 184 g/mol. The molecule has 0 aliphatic carbocycles. The van der Waals surface area contributed by atoms with Crippen LogP contribution in [0.2, 0.25) is 0 Å². The summed E-state index contributed by atoms with van der Waals surface area (Å²) < 4.78 is 0. The first-order valence-corrected chi connectivity index (χ1v) is 4.61. The van der Waals surface area contributed by atoms with Crippen LogP contribution >= 0.6 is 0 Å². The number of carbonyl (C=O) groups excluding carboxylic acids is 3. The predicted octanol–water partition coefficient (Wildman–Crippen LogP) is 0.152. The van der Waals surface area contributed by atoms with Crippen molar-refractivity contribution in [2.45, 2.75) is 26.3 Å². The largest absolute Gasteiger partial charge is 0.326 e. The minimum absolute atomic E-state index is 0.154. The van der Waals surface area contributed by atoms with Crippen LogP contribution in [0.5, 0.6) is 0 Å². The molecule has 0 bridgehead atoms. The first-order valence-electron chi connectivity index (χ1n) is 4.61. The monoisotopic (exact) mass is 198 g/mol. The number of rotatable bonds is 4. The van der Waals surface area contributed by atoms with Gasteiger partial charge in [-0.15, -0.1) is 0 Å². The van der Waals surface area contributed by atoms with E-state index in [2.05, 4.69) is 5.32 Å². The predicted molar refractivity (Wildman–Crippen MR) is 49.6 cm³/mol. The lowest BCUT2D eigenvalue weighted by atomic mass is 10.0. The zero-order chi connectivity index (χ0) is 10.7. The standard InChI is InChI=1S/C9H14N2O3/c1-6(2)5-7-8(13)11(3-4-12)9(14)10-7/h4,6-7H,3,5H2,1-2H3,(H,10,14). The lowest BCUT2D eigenvalue weighted by molar-refractivity contribution is -0.129. The van der Waals surface area contributed by atoms with E-state index in [1.54, 1.807) is 0 Å². The normalized spacial score (nSPS) is 21.6. The summed E-state index contributed by atoms with van der Waals surface area (Å²) in [5.74, 6) is 0.0382. The molecule has 3 amide bonds. The third kappa shape index (κ3) is 2.10. The Morgan fingerprint density at radius 2 is 2.14 bits per heavy atom. The molecule has 1 aliphatic rings. The quantitative estimate of drug-likeness (QED) is 0.516. The Balaban J connectivity index is 2.64. The zero-order valence-corrected chi connectivity index (χ0v) is 8.32. The van der Waals surface area contributed by atoms with Gasteiger partial charge in [0, 0.05) is 0 Å². The van der Waals surface area contributed by atoms with Gasteiger partial charge in [0.15, 0.2) is 0 Å². The van der Waals surface area contributed by atoms with Gasteiger partial charge in [-0.2, -0.15) is 0 Å². The summed E-state index contributed by atoms with van der Waals surface area (Å²) in [6, 6.07) is -0.921. The van der Waals surface area contributed by atoms with E-state index in [0.29, 0.717) is 18.6 Å². The third-order valence-corrected chi connectivity index (χ3v) is 2.07. The molecule has 0 radical (unpaired) electrons. The molecule has 1 aliphatic heterocycles. The number of nitrogens with one attached hydrogen (secondary N) is 1. The summed E-state index contributed by atoms with van der Waals surface area (Å²) in [7, 11) is 0. The summed E-state index contributed by atoms with van der Waals surface area (Å²) in [6.45, 7) is 3.79. The Labute approximate surface area is 82.4 Å². The molecule has 5 nitrogen and oxygen atoms in total. The Bertz CT molecular complexity index is 263. The summed E-state index contributed by atoms with van der Waals surface area (Å²) >= 11 is 0. The van der Waals surface area contributed by atoms with Crippen LogP contribution in [-0.2, 0) is 9.59 Å². The van der Waals surface area contributed by atoms with E-state index in [4.69, 9.17) is 0 Å². The molecular formula is C9H14N2O3. The van der Waals surface area contributed by atoms with Crippen molar-refractivity contribution < 1.29 is 14.4 Å². The molecule has 0 aromatic rings. The van der Waals surface area contributed by atoms with Crippen molar-refractivity contribution >= 4 is 18.2 Å². The van der Waals surface area contributed by atoms with Gasteiger partial charge in [0.25, 0.3) is 5.91 Å². The molecule has 1 saturated heterocycles. The summed E-state index contributed by atoms with van der Waals surface area (Å²) in [5.41, 5.74) is 0. The van der Waals surface area contributed by atoms with Gasteiger partial charge in [0.2, 0.25) is 0 Å². The molecule has 1 fully saturated rings. The molecule has 14 heavy (non-hydrogen) atoms. The molecule has 1 unspecified atom stereocenters. The van der Waals surface area contributed by atoms with Crippen molar-refractivity contribution in [3.63, 3.8) is 0 Å². The van der Waals surface area contributed by atoms with E-state index in [0.717, 1.165) is 4.90 Å². The van der Waals surface area contributed by atoms with Crippen molar-refractivity contribution in [2.75, 3.05) is 6.54 Å². The van der Waals surface area contributed by atoms with E-state index in [-0.39, 0.29) is 12.5 Å². The smallest absolute Gasteiger partial charge is 0.325 e. The van der Waals surface area contributed by atoms with Gasteiger partial charge in [0.05, 0.1) is 6.54 Å². The van der Waals surface area contributed by atoms with Crippen molar-refractivity contribution in [1.82, 2.24) is 10.2 Å². The number of imide groups is 1. The highest BCUT2D eigenvalue weighted by atomic mass is 16.2. The molecule has 78 valence electrons. The number of carbonyl (C=O) groups is 3. The van der Waals surface area contributed by atoms with Gasteiger partial charge >= 0.3 is 6.03 Å². The van der Waals surface area contributed by atoms with Crippen LogP contribution in [0.15, 0.2) is 0 Å². The second-order valence-corrected chi connectivity index (χ2v) is 3.75. The SMILES string of the molecule is CC(C)CC1NC(=O)N(CC=O)C1=O. The lowest BCUT2D eigenvalue weighted by Crippen LogP contribution is -2.33. The Morgan fingerprint density at radius 1 is 1.50 bits per heavy atom. The molecule has 0 saturated carbocycles. The van der Waals surface area contributed by atoms with Crippen LogP contribution in [0.4, 0.5) is 4.79 Å². The maximum Gasteiger partial charge on any atom is 0.325 e. The number of aldehydes is 1. The highest BCUT2D eigenvalue weighted by molar-refractivity contribution is 6.05. The van der Waals surface area contributed by atoms with Crippen molar-refractivity contribution in [3.05, 3.63) is 0 Å². The van der Waals surface area contributed by atoms with Gasteiger partial charge in [-0.3, -0.25) is 9.69 Å². The number of urea groups is 1. The first-order chi connectivity index (χ1) is 6.56. The fourth-order valence-corrected chi connectivity index (χ4v) is 1.46. The highest BCUT2D eigenvalue weighted by Crippen LogP contribution is 2.13. The van der Waals surface area contributed by atoms with Gasteiger partial charge < -0.3 is 10.1 Å². The summed E-state index contributed by atoms with van der Waals surface area (Å²) in [4.78, 5) is 33.9. The number of amides is 3. The molecule has 0 spiro atoms. The molecule has 1 rings (SSSR count). The Morgan fingerprint density at radius 3 is 2.64 bits per heavy atom. The van der Waals surface area contributed by atoms with Crippen molar-refractivity contribution in [2.24, 2.45) is 5.92 Å². The average molecular weight is 198 g/mol. The average Bonchev–Trinajstić information content (AvgIpc) is 2.32. The fraction of sp³-hybridized carbons (Fsp3) is 0.667. The van der Waals surface area contributed by atoms with Gasteiger partial charge in [0.1, 0.15) is 12.3 Å². The van der Waals surface area contributed by atoms with E-state index >= 15 is 0 Å². The topological polar surface area (TPSA) is 66.5 Å². The van der Waals surface area contributed by atoms with E-state index in [9.17, 15) is 14.4 Å². The lowest BCUT2D eigenvalue weighted by Gasteiger charge is -2.10. The van der Waals surface area contributed by atoms with Gasteiger partial charge in [-0.05, 0) is 12.3 Å². The van der Waals surface area contributed by atoms with E-state index < -0.39 is 12.1 Å². The number of hydrogen-bond donors (Lipinski definition) is 1. The number of nitrogens with zero attached hydrogens (tertiary/aromatic N) is 1. The van der Waals surface area contributed by atoms with Crippen molar-refractivity contribution in [3.8, 4) is 0 Å². The van der Waals surface area contributed by atoms with Gasteiger partial charge in [-0.1, -0.05) is 13.8 Å². The molecule has 0 aromatic heterocycles. The fourth-order valence-electron chi connectivity index (χ4n) is 1.46. The minimum Gasteiger partial charge on any atom is -0.326 e. The zero-order valence-electron chi connectivity index (χ0n) is 8.32. The number of hydrogen-bond acceptors (Lipinski definition) is 3. The second kappa shape index (κ2) is 4.21. The van der Waals surface area contributed by atoms with Crippen LogP contribution < -0.4 is 5.32 Å². The molecule has 1 atom stereocenters. The van der Waals surface area contributed by atoms with E-state index in [1.165, 1.54) is 0 Å². The molecule has 0 aromatic carbocycles. The van der Waals surface area contributed by atoms with Crippen LogP contribution in [0, 0.1) is 5.92 Å². The maximum atomic E-state index is 11.5. The maximum absolute atomic E-state index is 11.5. The minimum atomic E-state index is -0.465. The molecule has 5 heteroatoms.